The van der Waals surface area contributed by atoms with E-state index in [0.29, 0.717) is 0 Å². The molecule has 6 heteroatoms. The number of rotatable bonds is 3. The summed E-state index contributed by atoms with van der Waals surface area (Å²) in [7, 11) is 0. The number of oxime groups is 1. The molecule has 1 aromatic rings. The molecule has 1 aromatic carbocycles. The summed E-state index contributed by atoms with van der Waals surface area (Å²) in [6.45, 7) is 2.94. The smallest absolute Gasteiger partial charge is 0.237 e. The van der Waals surface area contributed by atoms with Crippen molar-refractivity contribution in [3.63, 3.8) is 0 Å². The van der Waals surface area contributed by atoms with Gasteiger partial charge >= 0.3 is 0 Å². The average Bonchev–Trinajstić information content (AvgIpc) is 2.30. The second-order valence-electron chi connectivity index (χ2n) is 4.04. The summed E-state index contributed by atoms with van der Waals surface area (Å²) < 4.78 is 13.3. The van der Waals surface area contributed by atoms with Crippen molar-refractivity contribution in [1.29, 1.82) is 0 Å². The third-order valence-electron chi connectivity index (χ3n) is 2.44. The van der Waals surface area contributed by atoms with Crippen LogP contribution < -0.4 is 11.1 Å². The van der Waals surface area contributed by atoms with E-state index < -0.39 is 17.1 Å². The summed E-state index contributed by atoms with van der Waals surface area (Å²) in [6.07, 6.45) is 0. The number of anilines is 1. The Kier molecular flexibility index (Phi) is 3.67. The molecule has 0 saturated carbocycles. The Morgan fingerprint density at radius 3 is 2.59 bits per heavy atom. The minimum absolute atomic E-state index is 0.0521. The monoisotopic (exact) mass is 239 g/mol. The van der Waals surface area contributed by atoms with Crippen molar-refractivity contribution in [2.75, 3.05) is 5.32 Å². The van der Waals surface area contributed by atoms with E-state index in [-0.39, 0.29) is 11.5 Å². The lowest BCUT2D eigenvalue weighted by Crippen LogP contribution is -2.42. The van der Waals surface area contributed by atoms with Crippen LogP contribution >= 0.6 is 0 Å². The predicted molar refractivity (Wildman–Crippen MR) is 62.2 cm³/mol. The van der Waals surface area contributed by atoms with Gasteiger partial charge in [-0.1, -0.05) is 17.3 Å². The Morgan fingerprint density at radius 2 is 2.06 bits per heavy atom. The van der Waals surface area contributed by atoms with Gasteiger partial charge in [-0.15, -0.1) is 0 Å². The van der Waals surface area contributed by atoms with Gasteiger partial charge in [-0.05, 0) is 26.0 Å². The number of carbonyl (C=O) groups excluding carboxylic acids is 1. The van der Waals surface area contributed by atoms with Crippen molar-refractivity contribution in [3.05, 3.63) is 30.1 Å². The third kappa shape index (κ3) is 2.72. The van der Waals surface area contributed by atoms with Crippen molar-refractivity contribution in [2.24, 2.45) is 16.3 Å². The Labute approximate surface area is 98.1 Å². The Hall–Kier alpha value is -2.11. The number of amides is 1. The van der Waals surface area contributed by atoms with Crippen molar-refractivity contribution in [2.45, 2.75) is 13.8 Å². The normalized spacial score (nSPS) is 12.3. The fourth-order valence-corrected chi connectivity index (χ4v) is 1.08. The fourth-order valence-electron chi connectivity index (χ4n) is 1.08. The first-order chi connectivity index (χ1) is 7.89. The lowest BCUT2D eigenvalue weighted by molar-refractivity contribution is -0.121. The van der Waals surface area contributed by atoms with E-state index in [1.807, 2.05) is 0 Å². The van der Waals surface area contributed by atoms with E-state index in [0.717, 1.165) is 0 Å². The van der Waals surface area contributed by atoms with Gasteiger partial charge in [0.25, 0.3) is 0 Å². The number of nitrogens with one attached hydrogen (secondary N) is 1. The maximum absolute atomic E-state index is 13.3. The van der Waals surface area contributed by atoms with Crippen molar-refractivity contribution < 1.29 is 14.4 Å². The first kappa shape index (κ1) is 13.0. The van der Waals surface area contributed by atoms with E-state index >= 15 is 0 Å². The molecule has 0 aliphatic heterocycles. The molecule has 17 heavy (non-hydrogen) atoms. The van der Waals surface area contributed by atoms with E-state index in [2.05, 4.69) is 10.5 Å². The molecule has 0 atom stereocenters. The minimum atomic E-state index is -1.23. The summed E-state index contributed by atoms with van der Waals surface area (Å²) in [5, 5.41) is 13.7. The van der Waals surface area contributed by atoms with Crippen molar-refractivity contribution >= 4 is 17.4 Å². The molecule has 0 radical (unpaired) electrons. The highest BCUT2D eigenvalue weighted by Gasteiger charge is 2.33. The summed E-state index contributed by atoms with van der Waals surface area (Å²) in [5.41, 5.74) is 4.22. The first-order valence-electron chi connectivity index (χ1n) is 4.93. The lowest BCUT2D eigenvalue weighted by atomic mass is 9.91. The Morgan fingerprint density at radius 1 is 1.47 bits per heavy atom. The summed E-state index contributed by atoms with van der Waals surface area (Å²) in [5.74, 6) is -1.35. The standard InChI is InChI=1S/C11H14FN3O2/c1-11(2,9(13)15-17)10(16)14-8-6-4-3-5-7(8)12/h3-6,17H,1-2H3,(H2,13,15)(H,14,16). The lowest BCUT2D eigenvalue weighted by Gasteiger charge is -2.21. The second kappa shape index (κ2) is 4.82. The highest BCUT2D eigenvalue weighted by Crippen LogP contribution is 2.20. The quantitative estimate of drug-likeness (QED) is 0.323. The zero-order chi connectivity index (χ0) is 13.1. The summed E-state index contributed by atoms with van der Waals surface area (Å²) >= 11 is 0. The maximum atomic E-state index is 13.3. The molecule has 0 bridgehead atoms. The average molecular weight is 239 g/mol. The van der Waals surface area contributed by atoms with Crippen LogP contribution in [0.15, 0.2) is 29.4 Å². The van der Waals surface area contributed by atoms with Gasteiger partial charge in [-0.25, -0.2) is 4.39 Å². The van der Waals surface area contributed by atoms with Gasteiger partial charge in [0.1, 0.15) is 11.2 Å². The number of carbonyl (C=O) groups is 1. The molecule has 92 valence electrons. The first-order valence-corrected chi connectivity index (χ1v) is 4.93. The van der Waals surface area contributed by atoms with Crippen LogP contribution in [-0.4, -0.2) is 17.0 Å². The van der Waals surface area contributed by atoms with Gasteiger partial charge in [-0.2, -0.15) is 0 Å². The molecule has 5 nitrogen and oxygen atoms in total. The highest BCUT2D eigenvalue weighted by molar-refractivity contribution is 6.11. The SMILES string of the molecule is CC(C)(C(=O)Nc1ccccc1F)C(N)=NO. The van der Waals surface area contributed by atoms with Crippen LogP contribution in [0.3, 0.4) is 0 Å². The van der Waals surface area contributed by atoms with Crippen molar-refractivity contribution in [3.8, 4) is 0 Å². The number of benzene rings is 1. The van der Waals surface area contributed by atoms with Gasteiger partial charge in [0.2, 0.25) is 5.91 Å². The molecule has 0 aromatic heterocycles. The Balaban J connectivity index is 2.91. The summed E-state index contributed by atoms with van der Waals surface area (Å²) in [4.78, 5) is 11.8. The molecule has 0 spiro atoms. The number of hydrogen-bond acceptors (Lipinski definition) is 3. The zero-order valence-electron chi connectivity index (χ0n) is 9.57. The van der Waals surface area contributed by atoms with Crippen LogP contribution in [0.2, 0.25) is 0 Å². The zero-order valence-corrected chi connectivity index (χ0v) is 9.57. The van der Waals surface area contributed by atoms with Crippen LogP contribution in [0.4, 0.5) is 10.1 Å². The molecule has 1 rings (SSSR count). The van der Waals surface area contributed by atoms with Gasteiger partial charge in [0.05, 0.1) is 5.69 Å². The molecule has 0 fully saturated rings. The molecule has 0 saturated heterocycles. The second-order valence-corrected chi connectivity index (χ2v) is 4.04. The van der Waals surface area contributed by atoms with Gasteiger partial charge in [0.15, 0.2) is 5.84 Å². The molecule has 0 heterocycles. The van der Waals surface area contributed by atoms with Crippen LogP contribution in [0, 0.1) is 11.2 Å². The topological polar surface area (TPSA) is 87.7 Å². The van der Waals surface area contributed by atoms with Gasteiger partial charge < -0.3 is 16.3 Å². The van der Waals surface area contributed by atoms with E-state index in [4.69, 9.17) is 10.9 Å². The molecule has 1 amide bonds. The van der Waals surface area contributed by atoms with Gasteiger partial charge in [-0.3, -0.25) is 4.79 Å². The van der Waals surface area contributed by atoms with Crippen LogP contribution in [0.25, 0.3) is 0 Å². The van der Waals surface area contributed by atoms with E-state index in [9.17, 15) is 9.18 Å². The maximum Gasteiger partial charge on any atom is 0.237 e. The molecule has 0 unspecified atom stereocenters. The Bertz CT molecular complexity index is 458. The van der Waals surface area contributed by atoms with Crippen LogP contribution in [-0.2, 0) is 4.79 Å². The van der Waals surface area contributed by atoms with Crippen LogP contribution in [0.5, 0.6) is 0 Å². The third-order valence-corrected chi connectivity index (χ3v) is 2.44. The number of nitrogens with zero attached hydrogens (tertiary/aromatic N) is 1. The van der Waals surface area contributed by atoms with Crippen LogP contribution in [0.1, 0.15) is 13.8 Å². The number of hydrogen-bond donors (Lipinski definition) is 3. The number of para-hydroxylation sites is 1. The predicted octanol–water partition coefficient (Wildman–Crippen LogP) is 1.54. The van der Waals surface area contributed by atoms with E-state index in [1.54, 1.807) is 6.07 Å². The largest absolute Gasteiger partial charge is 0.409 e. The molecule has 4 N–H and O–H groups in total. The summed E-state index contributed by atoms with van der Waals surface area (Å²) in [6, 6.07) is 5.76. The molecular weight excluding hydrogens is 225 g/mol. The molecule has 0 aliphatic carbocycles. The number of amidine groups is 1. The van der Waals surface area contributed by atoms with Crippen molar-refractivity contribution in [1.82, 2.24) is 0 Å². The fraction of sp³-hybridized carbons (Fsp3) is 0.273. The number of nitrogens with two attached hydrogens (primary N) is 1. The van der Waals surface area contributed by atoms with E-state index in [1.165, 1.54) is 32.0 Å². The van der Waals surface area contributed by atoms with Gasteiger partial charge in [0, 0.05) is 0 Å². The highest BCUT2D eigenvalue weighted by atomic mass is 19.1. The minimum Gasteiger partial charge on any atom is -0.409 e. The number of halogens is 1. The molecule has 0 aliphatic rings. The molecular formula is C11H14FN3O2.